The molecule has 0 saturated carbocycles. The second-order valence-electron chi connectivity index (χ2n) is 7.73. The highest BCUT2D eigenvalue weighted by Gasteiger charge is 2.27. The Balaban J connectivity index is 1.22. The van der Waals surface area contributed by atoms with Crippen molar-refractivity contribution in [3.05, 3.63) is 59.6 Å². The van der Waals surface area contributed by atoms with E-state index in [1.165, 1.54) is 22.8 Å². The molecule has 0 aliphatic heterocycles. The minimum Gasteiger partial charge on any atom is -0.446 e. The molecule has 3 N–H and O–H groups in total. The van der Waals surface area contributed by atoms with Gasteiger partial charge in [-0.3, -0.25) is 10.4 Å². The van der Waals surface area contributed by atoms with Gasteiger partial charge in [-0.25, -0.2) is 14.8 Å². The van der Waals surface area contributed by atoms with Crippen LogP contribution in [0, 0.1) is 0 Å². The summed E-state index contributed by atoms with van der Waals surface area (Å²) in [4.78, 5) is 23.4. The smallest absolute Gasteiger partial charge is 0.411 e. The van der Waals surface area contributed by atoms with Crippen LogP contribution in [-0.4, -0.2) is 42.6 Å². The van der Waals surface area contributed by atoms with Crippen molar-refractivity contribution in [2.45, 2.75) is 25.4 Å². The summed E-state index contributed by atoms with van der Waals surface area (Å²) in [6.07, 6.45) is 7.84. The number of thiophene rings is 1. The molecule has 1 aliphatic rings. The number of carbonyl (C=O) groups is 1. The number of carbonyl (C=O) groups excluding carboxylic acids is 1. The monoisotopic (exact) mass is 458 g/mol. The maximum atomic E-state index is 12.3. The summed E-state index contributed by atoms with van der Waals surface area (Å²) in [7, 11) is 0. The molecule has 10 nitrogen and oxygen atoms in total. The van der Waals surface area contributed by atoms with E-state index in [-0.39, 0.29) is 6.10 Å². The number of H-pyrrole nitrogens is 1. The first-order valence-electron chi connectivity index (χ1n) is 10.4. The number of aryl methyl sites for hydroxylation is 1. The molecule has 1 unspecified atom stereocenters. The summed E-state index contributed by atoms with van der Waals surface area (Å²) in [5.41, 5.74) is 3.69. The van der Waals surface area contributed by atoms with E-state index in [1.807, 2.05) is 18.2 Å². The van der Waals surface area contributed by atoms with E-state index < -0.39 is 6.09 Å². The molecule has 1 atom stereocenters. The summed E-state index contributed by atoms with van der Waals surface area (Å²) in [5, 5.41) is 22.7. The summed E-state index contributed by atoms with van der Waals surface area (Å²) < 4.78 is 5.66. The van der Waals surface area contributed by atoms with Crippen LogP contribution in [0.2, 0.25) is 0 Å². The number of amides is 1. The molecular formula is C22H18N8O2S. The molecule has 0 fully saturated rings. The molecule has 164 valence electrons. The van der Waals surface area contributed by atoms with E-state index in [1.54, 1.807) is 29.9 Å². The summed E-state index contributed by atoms with van der Waals surface area (Å²) in [6, 6.07) is 7.68. The minimum atomic E-state index is -0.491. The molecule has 1 aliphatic carbocycles. The molecule has 0 saturated heterocycles. The quantitative estimate of drug-likeness (QED) is 0.365. The fraction of sp³-hybridized carbons (Fsp3) is 0.182. The zero-order chi connectivity index (χ0) is 22.2. The number of anilines is 3. The van der Waals surface area contributed by atoms with Gasteiger partial charge in [-0.05, 0) is 42.7 Å². The highest BCUT2D eigenvalue weighted by Crippen LogP contribution is 2.39. The standard InChI is InChI=1S/C22H18N8O2S/c31-22(29-14-5-6-25-26-10-14)32-15-2-3-16-18(8-15)33-21-19(16)20(23-11-24-21)28-13-1-4-17-12(7-13)9-27-30-17/h1,4-7,9-11,15H,2-3,8H2,(H,27,30)(H,23,24,28)(H,25,29,31). The van der Waals surface area contributed by atoms with E-state index in [0.29, 0.717) is 12.1 Å². The highest BCUT2D eigenvalue weighted by molar-refractivity contribution is 7.19. The Hall–Kier alpha value is -4.12. The number of aromatic nitrogens is 6. The van der Waals surface area contributed by atoms with Gasteiger partial charge in [0.2, 0.25) is 0 Å². The average Bonchev–Trinajstić information content (AvgIpc) is 3.43. The van der Waals surface area contributed by atoms with Gasteiger partial charge in [0.05, 0.1) is 35.2 Å². The van der Waals surface area contributed by atoms with Crippen LogP contribution in [0.4, 0.5) is 22.0 Å². The lowest BCUT2D eigenvalue weighted by Gasteiger charge is -2.22. The highest BCUT2D eigenvalue weighted by atomic mass is 32.1. The number of nitrogens with one attached hydrogen (secondary N) is 3. The van der Waals surface area contributed by atoms with Crippen molar-refractivity contribution in [3.63, 3.8) is 0 Å². The minimum absolute atomic E-state index is 0.201. The van der Waals surface area contributed by atoms with Gasteiger partial charge in [0, 0.05) is 22.4 Å². The first-order valence-corrected chi connectivity index (χ1v) is 11.2. The molecule has 0 spiro atoms. The number of ether oxygens (including phenoxy) is 1. The molecule has 4 heterocycles. The number of hydrogen-bond acceptors (Lipinski definition) is 9. The molecule has 5 aromatic rings. The summed E-state index contributed by atoms with van der Waals surface area (Å²) in [6.45, 7) is 0. The van der Waals surface area contributed by atoms with Crippen molar-refractivity contribution >= 4 is 55.7 Å². The van der Waals surface area contributed by atoms with Crippen LogP contribution in [0.25, 0.3) is 21.1 Å². The first-order chi connectivity index (χ1) is 16.2. The van der Waals surface area contributed by atoms with Gasteiger partial charge >= 0.3 is 6.09 Å². The maximum Gasteiger partial charge on any atom is 0.411 e. The van der Waals surface area contributed by atoms with Gasteiger partial charge in [0.15, 0.2) is 0 Å². The summed E-state index contributed by atoms with van der Waals surface area (Å²) in [5.74, 6) is 0.780. The predicted octanol–water partition coefficient (Wildman–Crippen LogP) is 4.21. The van der Waals surface area contributed by atoms with Gasteiger partial charge < -0.3 is 10.1 Å². The van der Waals surface area contributed by atoms with Gasteiger partial charge in [-0.15, -0.1) is 11.3 Å². The van der Waals surface area contributed by atoms with Crippen LogP contribution < -0.4 is 10.6 Å². The van der Waals surface area contributed by atoms with E-state index in [9.17, 15) is 4.79 Å². The van der Waals surface area contributed by atoms with Crippen molar-refractivity contribution in [3.8, 4) is 0 Å². The largest absolute Gasteiger partial charge is 0.446 e. The van der Waals surface area contributed by atoms with E-state index >= 15 is 0 Å². The number of hydrogen-bond donors (Lipinski definition) is 3. The summed E-state index contributed by atoms with van der Waals surface area (Å²) >= 11 is 1.63. The van der Waals surface area contributed by atoms with Crippen LogP contribution in [0.15, 0.2) is 49.2 Å². The Morgan fingerprint density at radius 1 is 1.15 bits per heavy atom. The third-order valence-electron chi connectivity index (χ3n) is 5.61. The Kier molecular flexibility index (Phi) is 4.80. The Bertz CT molecular complexity index is 1470. The van der Waals surface area contributed by atoms with Crippen molar-refractivity contribution in [1.29, 1.82) is 0 Å². The predicted molar refractivity (Wildman–Crippen MR) is 125 cm³/mol. The van der Waals surface area contributed by atoms with E-state index in [4.69, 9.17) is 4.74 Å². The number of nitrogens with zero attached hydrogens (tertiary/aromatic N) is 5. The zero-order valence-electron chi connectivity index (χ0n) is 17.3. The van der Waals surface area contributed by atoms with Crippen LogP contribution in [-0.2, 0) is 17.6 Å². The van der Waals surface area contributed by atoms with Crippen LogP contribution in [0.1, 0.15) is 16.9 Å². The average molecular weight is 459 g/mol. The number of benzene rings is 1. The van der Waals surface area contributed by atoms with Gasteiger partial charge in [0.25, 0.3) is 0 Å². The Morgan fingerprint density at radius 3 is 3.03 bits per heavy atom. The Labute approximate surface area is 191 Å². The fourth-order valence-corrected chi connectivity index (χ4v) is 5.35. The van der Waals surface area contributed by atoms with Crippen LogP contribution in [0.3, 0.4) is 0 Å². The number of fused-ring (bicyclic) bond motifs is 4. The fourth-order valence-electron chi connectivity index (χ4n) is 4.10. The van der Waals surface area contributed by atoms with Gasteiger partial charge in [-0.1, -0.05) is 0 Å². The lowest BCUT2D eigenvalue weighted by molar-refractivity contribution is 0.103. The molecule has 0 radical (unpaired) electrons. The van der Waals surface area contributed by atoms with Crippen molar-refractivity contribution in [2.24, 2.45) is 0 Å². The lowest BCUT2D eigenvalue weighted by Crippen LogP contribution is -2.27. The molecule has 33 heavy (non-hydrogen) atoms. The normalized spacial score (nSPS) is 15.3. The lowest BCUT2D eigenvalue weighted by atomic mass is 9.94. The third-order valence-corrected chi connectivity index (χ3v) is 6.77. The second-order valence-corrected chi connectivity index (χ2v) is 8.81. The van der Waals surface area contributed by atoms with Crippen LogP contribution in [0.5, 0.6) is 0 Å². The third kappa shape index (κ3) is 3.82. The first kappa shape index (κ1) is 19.6. The van der Waals surface area contributed by atoms with E-state index in [0.717, 1.165) is 45.5 Å². The van der Waals surface area contributed by atoms with Gasteiger partial charge in [0.1, 0.15) is 23.1 Å². The molecule has 1 amide bonds. The van der Waals surface area contributed by atoms with Crippen LogP contribution >= 0.6 is 11.3 Å². The van der Waals surface area contributed by atoms with E-state index in [2.05, 4.69) is 41.0 Å². The van der Waals surface area contributed by atoms with Crippen molar-refractivity contribution < 1.29 is 9.53 Å². The molecule has 6 rings (SSSR count). The second kappa shape index (κ2) is 8.10. The SMILES string of the molecule is O=C(Nc1ccnnc1)OC1CCc2c(sc3ncnc(Nc4ccc5[nH]ncc5c4)c23)C1. The number of rotatable bonds is 4. The molecular weight excluding hydrogens is 440 g/mol. The molecule has 4 aromatic heterocycles. The topological polar surface area (TPSA) is 131 Å². The zero-order valence-corrected chi connectivity index (χ0v) is 18.1. The van der Waals surface area contributed by atoms with Crippen molar-refractivity contribution in [1.82, 2.24) is 30.4 Å². The molecule has 1 aromatic carbocycles. The van der Waals surface area contributed by atoms with Crippen molar-refractivity contribution in [2.75, 3.05) is 10.6 Å². The Morgan fingerprint density at radius 2 is 2.12 bits per heavy atom. The van der Waals surface area contributed by atoms with Gasteiger partial charge in [-0.2, -0.15) is 15.3 Å². The molecule has 11 heteroatoms. The molecule has 0 bridgehead atoms. The number of aromatic amines is 1. The maximum absolute atomic E-state index is 12.3.